The van der Waals surface area contributed by atoms with Gasteiger partial charge in [0, 0.05) is 29.8 Å². The van der Waals surface area contributed by atoms with E-state index in [0.717, 1.165) is 11.3 Å². The first-order valence-electron chi connectivity index (χ1n) is 4.64. The van der Waals surface area contributed by atoms with E-state index in [1.165, 1.54) is 0 Å². The summed E-state index contributed by atoms with van der Waals surface area (Å²) < 4.78 is 0. The molecule has 0 fully saturated rings. The summed E-state index contributed by atoms with van der Waals surface area (Å²) >= 11 is 0. The minimum atomic E-state index is -0.758. The van der Waals surface area contributed by atoms with Gasteiger partial charge in [0.2, 0.25) is 0 Å². The van der Waals surface area contributed by atoms with Crippen molar-refractivity contribution >= 4 is 0 Å². The third-order valence-corrected chi connectivity index (χ3v) is 2.11. The number of hydrogen-bond donors (Lipinski definition) is 1. The Morgan fingerprint density at radius 3 is 2.60 bits per heavy atom. The second-order valence-corrected chi connectivity index (χ2v) is 3.27. The molecule has 1 atom stereocenters. The van der Waals surface area contributed by atoms with Crippen LogP contribution in [0, 0.1) is 6.92 Å². The summed E-state index contributed by atoms with van der Waals surface area (Å²) in [4.78, 5) is 12.1. The van der Waals surface area contributed by atoms with Gasteiger partial charge in [-0.05, 0) is 13.0 Å². The maximum absolute atomic E-state index is 9.94. The number of aliphatic hydroxyl groups is 1. The number of nitrogens with zero attached hydrogens (tertiary/aromatic N) is 3. The van der Waals surface area contributed by atoms with E-state index in [1.807, 2.05) is 19.1 Å². The molecule has 2 heterocycles. The second-order valence-electron chi connectivity index (χ2n) is 3.27. The molecular weight excluding hydrogens is 190 g/mol. The number of hydrogen-bond acceptors (Lipinski definition) is 4. The maximum Gasteiger partial charge on any atom is 0.124 e. The average molecular weight is 201 g/mol. The van der Waals surface area contributed by atoms with Crippen LogP contribution in [0.2, 0.25) is 0 Å². The summed E-state index contributed by atoms with van der Waals surface area (Å²) in [6, 6.07) is 3.69. The van der Waals surface area contributed by atoms with Crippen LogP contribution in [0.4, 0.5) is 0 Å². The molecular formula is C11H11N3O. The molecule has 4 nitrogen and oxygen atoms in total. The lowest BCUT2D eigenvalue weighted by Gasteiger charge is -2.09. The molecule has 0 bridgehead atoms. The molecule has 0 saturated carbocycles. The van der Waals surface area contributed by atoms with Gasteiger partial charge in [-0.15, -0.1) is 0 Å². The molecule has 0 saturated heterocycles. The first-order valence-corrected chi connectivity index (χ1v) is 4.64. The summed E-state index contributed by atoms with van der Waals surface area (Å²) in [7, 11) is 0. The van der Waals surface area contributed by atoms with Crippen LogP contribution in [0.15, 0.2) is 36.9 Å². The van der Waals surface area contributed by atoms with Gasteiger partial charge in [-0.1, -0.05) is 6.07 Å². The van der Waals surface area contributed by atoms with Crippen molar-refractivity contribution in [1.82, 2.24) is 15.0 Å². The van der Waals surface area contributed by atoms with Gasteiger partial charge in [0.25, 0.3) is 0 Å². The van der Waals surface area contributed by atoms with E-state index in [4.69, 9.17) is 0 Å². The van der Waals surface area contributed by atoms with Gasteiger partial charge in [-0.3, -0.25) is 15.0 Å². The van der Waals surface area contributed by atoms with Crippen LogP contribution < -0.4 is 0 Å². The Balaban J connectivity index is 2.29. The highest BCUT2D eigenvalue weighted by Gasteiger charge is 2.11. The largest absolute Gasteiger partial charge is 0.382 e. The molecule has 4 heteroatoms. The smallest absolute Gasteiger partial charge is 0.124 e. The summed E-state index contributed by atoms with van der Waals surface area (Å²) in [5.41, 5.74) is 2.18. The Hall–Kier alpha value is -1.81. The Labute approximate surface area is 87.7 Å². The highest BCUT2D eigenvalue weighted by molar-refractivity contribution is 5.22. The van der Waals surface area contributed by atoms with Gasteiger partial charge in [-0.2, -0.15) is 0 Å². The lowest BCUT2D eigenvalue weighted by atomic mass is 10.1. The highest BCUT2D eigenvalue weighted by Crippen LogP contribution is 2.17. The Morgan fingerprint density at radius 2 is 2.00 bits per heavy atom. The fraction of sp³-hybridized carbons (Fsp3) is 0.182. The zero-order valence-electron chi connectivity index (χ0n) is 8.33. The summed E-state index contributed by atoms with van der Waals surface area (Å²) in [6.45, 7) is 1.90. The summed E-state index contributed by atoms with van der Waals surface area (Å²) in [5, 5.41) is 9.94. The van der Waals surface area contributed by atoms with Crippen molar-refractivity contribution in [2.45, 2.75) is 13.0 Å². The van der Waals surface area contributed by atoms with E-state index in [1.54, 1.807) is 24.8 Å². The standard InChI is InChI=1S/C11H11N3O/c1-8-2-3-9(6-14-8)11(15)10-7-12-4-5-13-10/h2-7,11,15H,1H3. The van der Waals surface area contributed by atoms with Crippen LogP contribution >= 0.6 is 0 Å². The molecule has 0 aliphatic carbocycles. The molecule has 0 radical (unpaired) electrons. The third kappa shape index (κ3) is 2.16. The number of rotatable bonds is 2. The van der Waals surface area contributed by atoms with Gasteiger partial charge in [0.05, 0.1) is 11.9 Å². The fourth-order valence-electron chi connectivity index (χ4n) is 1.26. The molecule has 2 aromatic heterocycles. The Kier molecular flexibility index (Phi) is 2.69. The van der Waals surface area contributed by atoms with Crippen LogP contribution in [0.1, 0.15) is 23.1 Å². The predicted octanol–water partition coefficient (Wildman–Crippen LogP) is 1.26. The average Bonchev–Trinajstić information content (AvgIpc) is 2.30. The highest BCUT2D eigenvalue weighted by atomic mass is 16.3. The van der Waals surface area contributed by atoms with Crippen LogP contribution in [-0.2, 0) is 0 Å². The second kappa shape index (κ2) is 4.14. The first-order chi connectivity index (χ1) is 7.27. The monoisotopic (exact) mass is 201 g/mol. The van der Waals surface area contributed by atoms with Gasteiger partial charge in [0.1, 0.15) is 6.10 Å². The summed E-state index contributed by atoms with van der Waals surface area (Å²) in [6.07, 6.45) is 5.56. The number of aliphatic hydroxyl groups excluding tert-OH is 1. The number of pyridine rings is 1. The molecule has 0 aliphatic rings. The SMILES string of the molecule is Cc1ccc(C(O)c2cnccn2)cn1. The van der Waals surface area contributed by atoms with Gasteiger partial charge in [-0.25, -0.2) is 0 Å². The summed E-state index contributed by atoms with van der Waals surface area (Å²) in [5.74, 6) is 0. The molecule has 0 aromatic carbocycles. The molecule has 2 aromatic rings. The third-order valence-electron chi connectivity index (χ3n) is 2.11. The van der Waals surface area contributed by atoms with E-state index in [9.17, 15) is 5.11 Å². The molecule has 0 amide bonds. The number of aryl methyl sites for hydroxylation is 1. The van der Waals surface area contributed by atoms with E-state index in [0.29, 0.717) is 5.69 Å². The van der Waals surface area contributed by atoms with E-state index in [-0.39, 0.29) is 0 Å². The van der Waals surface area contributed by atoms with Crippen LogP contribution in [0.3, 0.4) is 0 Å². The molecule has 0 spiro atoms. The quantitative estimate of drug-likeness (QED) is 0.794. The maximum atomic E-state index is 9.94. The number of aromatic nitrogens is 3. The van der Waals surface area contributed by atoms with Crippen molar-refractivity contribution < 1.29 is 5.11 Å². The van der Waals surface area contributed by atoms with Gasteiger partial charge < -0.3 is 5.11 Å². The molecule has 2 rings (SSSR count). The van der Waals surface area contributed by atoms with Gasteiger partial charge >= 0.3 is 0 Å². The lowest BCUT2D eigenvalue weighted by Crippen LogP contribution is -2.03. The van der Waals surface area contributed by atoms with Crippen molar-refractivity contribution in [3.63, 3.8) is 0 Å². The zero-order chi connectivity index (χ0) is 10.7. The zero-order valence-corrected chi connectivity index (χ0v) is 8.33. The van der Waals surface area contributed by atoms with E-state index < -0.39 is 6.10 Å². The normalized spacial score (nSPS) is 12.4. The Morgan fingerprint density at radius 1 is 1.13 bits per heavy atom. The van der Waals surface area contributed by atoms with Crippen molar-refractivity contribution in [3.05, 3.63) is 53.9 Å². The molecule has 76 valence electrons. The van der Waals surface area contributed by atoms with Gasteiger partial charge in [0.15, 0.2) is 0 Å². The predicted molar refractivity (Wildman–Crippen MR) is 55.1 cm³/mol. The van der Waals surface area contributed by atoms with Crippen molar-refractivity contribution in [2.24, 2.45) is 0 Å². The van der Waals surface area contributed by atoms with E-state index in [2.05, 4.69) is 15.0 Å². The van der Waals surface area contributed by atoms with Crippen molar-refractivity contribution in [2.75, 3.05) is 0 Å². The molecule has 1 N–H and O–H groups in total. The van der Waals surface area contributed by atoms with Crippen molar-refractivity contribution in [3.8, 4) is 0 Å². The van der Waals surface area contributed by atoms with E-state index >= 15 is 0 Å². The molecule has 15 heavy (non-hydrogen) atoms. The first kappa shape index (κ1) is 9.73. The minimum absolute atomic E-state index is 0.531. The minimum Gasteiger partial charge on any atom is -0.382 e. The molecule has 1 unspecified atom stereocenters. The van der Waals surface area contributed by atoms with Crippen LogP contribution in [0.25, 0.3) is 0 Å². The van der Waals surface area contributed by atoms with Crippen LogP contribution in [0.5, 0.6) is 0 Å². The topological polar surface area (TPSA) is 58.9 Å². The fourth-order valence-corrected chi connectivity index (χ4v) is 1.26. The lowest BCUT2D eigenvalue weighted by molar-refractivity contribution is 0.214. The Bertz CT molecular complexity index is 427. The van der Waals surface area contributed by atoms with Crippen molar-refractivity contribution in [1.29, 1.82) is 0 Å². The molecule has 0 aliphatic heterocycles. The van der Waals surface area contributed by atoms with Crippen LogP contribution in [-0.4, -0.2) is 20.1 Å².